The summed E-state index contributed by atoms with van der Waals surface area (Å²) in [6.07, 6.45) is 0.751. The first-order valence-electron chi connectivity index (χ1n) is 9.00. The highest BCUT2D eigenvalue weighted by Crippen LogP contribution is 2.31. The van der Waals surface area contributed by atoms with E-state index in [4.69, 9.17) is 4.74 Å². The summed E-state index contributed by atoms with van der Waals surface area (Å²) < 4.78 is 30.3. The van der Waals surface area contributed by atoms with E-state index in [0.717, 1.165) is 22.0 Å². The maximum absolute atomic E-state index is 12.6. The summed E-state index contributed by atoms with van der Waals surface area (Å²) in [5.41, 5.74) is 2.68. The Morgan fingerprint density at radius 2 is 1.83 bits per heavy atom. The van der Waals surface area contributed by atoms with Gasteiger partial charge in [0.2, 0.25) is 10.0 Å². The molecule has 154 valence electrons. The van der Waals surface area contributed by atoms with Gasteiger partial charge in [0.1, 0.15) is 6.61 Å². The van der Waals surface area contributed by atoms with Crippen molar-refractivity contribution in [2.45, 2.75) is 11.3 Å². The predicted molar refractivity (Wildman–Crippen MR) is 110 cm³/mol. The van der Waals surface area contributed by atoms with Gasteiger partial charge in [0.25, 0.3) is 11.8 Å². The summed E-state index contributed by atoms with van der Waals surface area (Å²) in [6.45, 7) is 0.578. The van der Waals surface area contributed by atoms with Crippen LogP contribution in [-0.2, 0) is 26.0 Å². The number of methoxy groups -OCH3 is 1. The van der Waals surface area contributed by atoms with Crippen LogP contribution in [0.15, 0.2) is 47.4 Å². The van der Waals surface area contributed by atoms with Gasteiger partial charge in [-0.05, 0) is 48.4 Å². The first-order chi connectivity index (χ1) is 13.7. The minimum Gasteiger partial charge on any atom is -0.375 e. The second-order valence-electron chi connectivity index (χ2n) is 6.84. The maximum atomic E-state index is 12.6. The third kappa shape index (κ3) is 4.31. The van der Waals surface area contributed by atoms with Gasteiger partial charge in [-0.1, -0.05) is 6.07 Å². The average Bonchev–Trinajstić information content (AvgIpc) is 3.11. The fraction of sp³-hybridized carbons (Fsp3) is 0.300. The molecule has 1 N–H and O–H groups in total. The number of anilines is 2. The zero-order valence-electron chi connectivity index (χ0n) is 16.5. The van der Waals surface area contributed by atoms with Crippen molar-refractivity contribution in [1.82, 2.24) is 4.31 Å². The van der Waals surface area contributed by atoms with Crippen LogP contribution in [0.2, 0.25) is 0 Å². The number of benzene rings is 2. The number of nitrogens with one attached hydrogen (secondary N) is 1. The smallest absolute Gasteiger partial charge is 0.255 e. The molecule has 0 atom stereocenters. The Bertz CT molecular complexity index is 1030. The molecule has 0 spiro atoms. The van der Waals surface area contributed by atoms with E-state index >= 15 is 0 Å². The summed E-state index contributed by atoms with van der Waals surface area (Å²) >= 11 is 0. The molecule has 1 aliphatic heterocycles. The minimum absolute atomic E-state index is 0.00175. The molecule has 8 nitrogen and oxygen atoms in total. The van der Waals surface area contributed by atoms with Crippen molar-refractivity contribution in [2.75, 3.05) is 44.6 Å². The Labute approximate surface area is 170 Å². The van der Waals surface area contributed by atoms with Gasteiger partial charge in [-0.15, -0.1) is 0 Å². The van der Waals surface area contributed by atoms with E-state index in [-0.39, 0.29) is 23.3 Å². The van der Waals surface area contributed by atoms with Gasteiger partial charge in [-0.2, -0.15) is 0 Å². The van der Waals surface area contributed by atoms with Crippen LogP contribution in [0.25, 0.3) is 0 Å². The number of hydrogen-bond donors (Lipinski definition) is 1. The molecular formula is C20H23N3O5S. The van der Waals surface area contributed by atoms with Crippen molar-refractivity contribution in [3.63, 3.8) is 0 Å². The van der Waals surface area contributed by atoms with Crippen LogP contribution in [0.4, 0.5) is 11.4 Å². The Hall–Kier alpha value is -2.75. The molecule has 0 bridgehead atoms. The lowest BCUT2D eigenvalue weighted by atomic mass is 10.1. The van der Waals surface area contributed by atoms with Gasteiger partial charge in [-0.3, -0.25) is 9.59 Å². The number of fused-ring (bicyclic) bond motifs is 1. The zero-order valence-corrected chi connectivity index (χ0v) is 17.3. The SMILES string of the molecule is COCC(=O)N1CCc2ccc(NC(=O)c3ccc(S(=O)(=O)N(C)C)cc3)cc21. The van der Waals surface area contributed by atoms with Gasteiger partial charge < -0.3 is 15.0 Å². The average molecular weight is 417 g/mol. The molecule has 0 fully saturated rings. The van der Waals surface area contributed by atoms with Gasteiger partial charge in [0, 0.05) is 44.7 Å². The number of rotatable bonds is 6. The van der Waals surface area contributed by atoms with Gasteiger partial charge in [-0.25, -0.2) is 12.7 Å². The molecule has 29 heavy (non-hydrogen) atoms. The first-order valence-corrected chi connectivity index (χ1v) is 10.4. The summed E-state index contributed by atoms with van der Waals surface area (Å²) in [5.74, 6) is -0.501. The molecule has 0 aliphatic carbocycles. The summed E-state index contributed by atoms with van der Waals surface area (Å²) in [4.78, 5) is 26.5. The normalized spacial score (nSPS) is 13.4. The monoisotopic (exact) mass is 417 g/mol. The van der Waals surface area contributed by atoms with Crippen molar-refractivity contribution in [3.8, 4) is 0 Å². The van der Waals surface area contributed by atoms with Crippen LogP contribution < -0.4 is 10.2 Å². The lowest BCUT2D eigenvalue weighted by Gasteiger charge is -2.17. The molecule has 2 aromatic carbocycles. The summed E-state index contributed by atoms with van der Waals surface area (Å²) in [5, 5.41) is 2.79. The number of nitrogens with zero attached hydrogens (tertiary/aromatic N) is 2. The van der Waals surface area contributed by atoms with E-state index in [2.05, 4.69) is 5.32 Å². The molecule has 0 saturated heterocycles. The molecule has 2 aromatic rings. The Morgan fingerprint density at radius 3 is 2.45 bits per heavy atom. The Kier molecular flexibility index (Phi) is 6.02. The highest BCUT2D eigenvalue weighted by Gasteiger charge is 2.25. The van der Waals surface area contributed by atoms with E-state index in [1.807, 2.05) is 6.07 Å². The van der Waals surface area contributed by atoms with E-state index < -0.39 is 10.0 Å². The zero-order chi connectivity index (χ0) is 21.2. The molecule has 0 radical (unpaired) electrons. The van der Waals surface area contributed by atoms with Crippen LogP contribution in [0.5, 0.6) is 0 Å². The predicted octanol–water partition coefficient (Wildman–Crippen LogP) is 1.72. The van der Waals surface area contributed by atoms with Gasteiger partial charge in [0.15, 0.2) is 0 Å². The van der Waals surface area contributed by atoms with E-state index in [1.54, 1.807) is 17.0 Å². The van der Waals surface area contributed by atoms with Crippen LogP contribution in [0, 0.1) is 0 Å². The number of ether oxygens (including phenoxy) is 1. The third-order valence-electron chi connectivity index (χ3n) is 4.70. The number of carbonyl (C=O) groups excluding carboxylic acids is 2. The Balaban J connectivity index is 1.77. The quantitative estimate of drug-likeness (QED) is 0.772. The molecule has 9 heteroatoms. The number of amides is 2. The lowest BCUT2D eigenvalue weighted by Crippen LogP contribution is -2.32. The van der Waals surface area contributed by atoms with E-state index in [1.165, 1.54) is 45.5 Å². The van der Waals surface area contributed by atoms with Gasteiger partial charge >= 0.3 is 0 Å². The third-order valence-corrected chi connectivity index (χ3v) is 6.53. The fourth-order valence-electron chi connectivity index (χ4n) is 3.11. The minimum atomic E-state index is -3.55. The van der Waals surface area contributed by atoms with Crippen LogP contribution in [-0.4, -0.2) is 58.9 Å². The van der Waals surface area contributed by atoms with Crippen molar-refractivity contribution < 1.29 is 22.7 Å². The van der Waals surface area contributed by atoms with Crippen molar-refractivity contribution in [3.05, 3.63) is 53.6 Å². The van der Waals surface area contributed by atoms with Crippen molar-refractivity contribution in [1.29, 1.82) is 0 Å². The molecule has 1 aliphatic rings. The molecular weight excluding hydrogens is 394 g/mol. The standard InChI is InChI=1S/C20H23N3O5S/c1-22(2)29(26,27)17-8-5-15(6-9-17)20(25)21-16-7-4-14-10-11-23(18(14)12-16)19(24)13-28-3/h4-9,12H,10-11,13H2,1-3H3,(H,21,25). The van der Waals surface area contributed by atoms with Crippen molar-refractivity contribution >= 4 is 33.2 Å². The maximum Gasteiger partial charge on any atom is 0.255 e. The number of carbonyl (C=O) groups is 2. The van der Waals surface area contributed by atoms with Crippen LogP contribution >= 0.6 is 0 Å². The topological polar surface area (TPSA) is 96.0 Å². The van der Waals surface area contributed by atoms with Gasteiger partial charge in [0.05, 0.1) is 4.90 Å². The molecule has 0 aromatic heterocycles. The van der Waals surface area contributed by atoms with E-state index in [0.29, 0.717) is 17.8 Å². The lowest BCUT2D eigenvalue weighted by molar-refractivity contribution is -0.122. The highest BCUT2D eigenvalue weighted by molar-refractivity contribution is 7.89. The Morgan fingerprint density at radius 1 is 1.14 bits per heavy atom. The van der Waals surface area contributed by atoms with Crippen molar-refractivity contribution in [2.24, 2.45) is 0 Å². The first kappa shape index (κ1) is 21.0. The summed E-state index contributed by atoms with van der Waals surface area (Å²) in [7, 11) is 0.820. The summed E-state index contributed by atoms with van der Waals surface area (Å²) in [6, 6.07) is 11.2. The highest BCUT2D eigenvalue weighted by atomic mass is 32.2. The number of hydrogen-bond acceptors (Lipinski definition) is 5. The van der Waals surface area contributed by atoms with Crippen LogP contribution in [0.1, 0.15) is 15.9 Å². The largest absolute Gasteiger partial charge is 0.375 e. The van der Waals surface area contributed by atoms with E-state index in [9.17, 15) is 18.0 Å². The molecule has 2 amide bonds. The molecule has 0 unspecified atom stereocenters. The fourth-order valence-corrected chi connectivity index (χ4v) is 4.01. The molecule has 3 rings (SSSR count). The second-order valence-corrected chi connectivity index (χ2v) is 8.99. The molecule has 1 heterocycles. The number of sulfonamides is 1. The molecule has 0 saturated carbocycles. The second kappa shape index (κ2) is 8.32. The van der Waals surface area contributed by atoms with Crippen LogP contribution in [0.3, 0.4) is 0 Å².